The van der Waals surface area contributed by atoms with Crippen LogP contribution < -0.4 is 14.8 Å². The number of nitrogens with one attached hydrogen (secondary N) is 1. The summed E-state index contributed by atoms with van der Waals surface area (Å²) in [4.78, 5) is 13.2. The van der Waals surface area contributed by atoms with Gasteiger partial charge in [0.1, 0.15) is 13.2 Å². The van der Waals surface area contributed by atoms with Crippen molar-refractivity contribution in [1.82, 2.24) is 9.62 Å². The molecule has 1 N–H and O–H groups in total. The van der Waals surface area contributed by atoms with Crippen molar-refractivity contribution in [3.8, 4) is 11.5 Å². The SMILES string of the molecule is O=C(N[C@H]1CCCc2ccccc21)C1CCN(S(=O)(=O)c2ccc3c(c2)OCCO3)CC1. The number of nitrogens with zero attached hydrogens (tertiary/aromatic N) is 1. The molecule has 3 aliphatic rings. The number of amides is 1. The van der Waals surface area contributed by atoms with E-state index in [2.05, 4.69) is 17.4 Å². The van der Waals surface area contributed by atoms with Crippen molar-refractivity contribution in [2.24, 2.45) is 5.92 Å². The minimum absolute atomic E-state index is 0.0306. The van der Waals surface area contributed by atoms with Gasteiger partial charge in [-0.1, -0.05) is 24.3 Å². The Balaban J connectivity index is 1.22. The van der Waals surface area contributed by atoms with E-state index in [1.165, 1.54) is 21.5 Å². The fourth-order valence-corrected chi connectivity index (χ4v) is 6.37. The summed E-state index contributed by atoms with van der Waals surface area (Å²) in [6.45, 7) is 1.52. The Kier molecular flexibility index (Phi) is 5.82. The Morgan fingerprint density at radius 2 is 1.72 bits per heavy atom. The Labute approximate surface area is 188 Å². The number of carbonyl (C=O) groups excluding carboxylic acids is 1. The molecule has 32 heavy (non-hydrogen) atoms. The molecule has 2 heterocycles. The molecule has 1 atom stereocenters. The summed E-state index contributed by atoms with van der Waals surface area (Å²) in [5.41, 5.74) is 2.52. The molecule has 0 unspecified atom stereocenters. The maximum atomic E-state index is 13.1. The van der Waals surface area contributed by atoms with Crippen molar-refractivity contribution >= 4 is 15.9 Å². The second-order valence-corrected chi connectivity index (χ2v) is 10.6. The van der Waals surface area contributed by atoms with E-state index < -0.39 is 10.0 Å². The fraction of sp³-hybridized carbons (Fsp3) is 0.458. The van der Waals surface area contributed by atoms with Gasteiger partial charge in [0.25, 0.3) is 0 Å². The molecule has 0 radical (unpaired) electrons. The average molecular weight is 457 g/mol. The van der Waals surface area contributed by atoms with Crippen LogP contribution in [-0.2, 0) is 21.2 Å². The molecular weight excluding hydrogens is 428 g/mol. The number of hydrogen-bond acceptors (Lipinski definition) is 5. The molecule has 2 aromatic rings. The van der Waals surface area contributed by atoms with Crippen LogP contribution in [-0.4, -0.2) is 44.9 Å². The van der Waals surface area contributed by atoms with E-state index in [1.54, 1.807) is 12.1 Å². The van der Waals surface area contributed by atoms with E-state index in [0.29, 0.717) is 50.6 Å². The van der Waals surface area contributed by atoms with Gasteiger partial charge in [-0.2, -0.15) is 4.31 Å². The first-order chi connectivity index (χ1) is 15.5. The largest absolute Gasteiger partial charge is 0.486 e. The standard InChI is InChI=1S/C24H28N2O5S/c27-24(25-21-7-3-5-17-4-1-2-6-20(17)21)18-10-12-26(13-11-18)32(28,29)19-8-9-22-23(16-19)31-15-14-30-22/h1-2,4,6,8-9,16,18,21H,3,5,7,10-15H2,(H,25,27)/t21-/m0/s1. The van der Waals surface area contributed by atoms with Gasteiger partial charge in [0, 0.05) is 25.1 Å². The zero-order valence-corrected chi connectivity index (χ0v) is 18.8. The van der Waals surface area contributed by atoms with Gasteiger partial charge in [0.2, 0.25) is 15.9 Å². The van der Waals surface area contributed by atoms with Crippen LogP contribution in [0.15, 0.2) is 47.4 Å². The Morgan fingerprint density at radius 1 is 0.969 bits per heavy atom. The summed E-state index contributed by atoms with van der Waals surface area (Å²) >= 11 is 0. The molecule has 8 heteroatoms. The van der Waals surface area contributed by atoms with Crippen LogP contribution in [0, 0.1) is 5.92 Å². The third-order valence-corrected chi connectivity index (χ3v) is 8.56. The predicted octanol–water partition coefficient (Wildman–Crippen LogP) is 3.05. The second kappa shape index (κ2) is 8.75. The molecular formula is C24H28N2O5S. The molecule has 7 nitrogen and oxygen atoms in total. The number of benzene rings is 2. The number of piperidine rings is 1. The first-order valence-corrected chi connectivity index (χ1v) is 12.7. The van der Waals surface area contributed by atoms with Gasteiger partial charge in [-0.05, 0) is 55.4 Å². The summed E-state index contributed by atoms with van der Waals surface area (Å²) in [5, 5.41) is 3.23. The summed E-state index contributed by atoms with van der Waals surface area (Å²) in [5.74, 6) is 0.883. The molecule has 5 rings (SSSR count). The highest BCUT2D eigenvalue weighted by Gasteiger charge is 2.34. The lowest BCUT2D eigenvalue weighted by Crippen LogP contribution is -2.44. The number of sulfonamides is 1. The van der Waals surface area contributed by atoms with Gasteiger partial charge < -0.3 is 14.8 Å². The van der Waals surface area contributed by atoms with Gasteiger partial charge in [-0.3, -0.25) is 4.79 Å². The van der Waals surface area contributed by atoms with Gasteiger partial charge in [0.15, 0.2) is 11.5 Å². The van der Waals surface area contributed by atoms with Crippen LogP contribution in [0.1, 0.15) is 42.9 Å². The molecule has 0 saturated carbocycles. The summed E-state index contributed by atoms with van der Waals surface area (Å²) in [7, 11) is -3.65. The lowest BCUT2D eigenvalue weighted by Gasteiger charge is -2.33. The average Bonchev–Trinajstić information content (AvgIpc) is 2.84. The summed E-state index contributed by atoms with van der Waals surface area (Å²) in [6.07, 6.45) is 4.10. The maximum absolute atomic E-state index is 13.1. The van der Waals surface area contributed by atoms with Crippen molar-refractivity contribution in [2.45, 2.75) is 43.0 Å². The van der Waals surface area contributed by atoms with Crippen LogP contribution in [0.3, 0.4) is 0 Å². The Bertz CT molecular complexity index is 1110. The molecule has 0 aromatic heterocycles. The van der Waals surface area contributed by atoms with Crippen molar-refractivity contribution in [3.63, 3.8) is 0 Å². The zero-order valence-electron chi connectivity index (χ0n) is 18.0. The number of carbonyl (C=O) groups is 1. The second-order valence-electron chi connectivity index (χ2n) is 8.64. The minimum Gasteiger partial charge on any atom is -0.486 e. The van der Waals surface area contributed by atoms with Crippen molar-refractivity contribution in [3.05, 3.63) is 53.6 Å². The lowest BCUT2D eigenvalue weighted by molar-refractivity contribution is -0.127. The van der Waals surface area contributed by atoms with Crippen molar-refractivity contribution in [2.75, 3.05) is 26.3 Å². The topological polar surface area (TPSA) is 84.9 Å². The smallest absolute Gasteiger partial charge is 0.243 e. The maximum Gasteiger partial charge on any atom is 0.243 e. The first-order valence-electron chi connectivity index (χ1n) is 11.3. The monoisotopic (exact) mass is 456 g/mol. The van der Waals surface area contributed by atoms with E-state index >= 15 is 0 Å². The highest BCUT2D eigenvalue weighted by molar-refractivity contribution is 7.89. The molecule has 2 aromatic carbocycles. The van der Waals surface area contributed by atoms with Crippen LogP contribution in [0.4, 0.5) is 0 Å². The number of hydrogen-bond donors (Lipinski definition) is 1. The highest BCUT2D eigenvalue weighted by Crippen LogP contribution is 2.34. The third-order valence-electron chi connectivity index (χ3n) is 6.66. The Hall–Kier alpha value is -2.58. The van der Waals surface area contributed by atoms with Crippen LogP contribution >= 0.6 is 0 Å². The van der Waals surface area contributed by atoms with Crippen LogP contribution in [0.5, 0.6) is 11.5 Å². The first kappa shape index (κ1) is 21.3. The number of fused-ring (bicyclic) bond motifs is 2. The molecule has 1 saturated heterocycles. The van der Waals surface area contributed by atoms with E-state index in [0.717, 1.165) is 19.3 Å². The van der Waals surface area contributed by atoms with Crippen LogP contribution in [0.2, 0.25) is 0 Å². The number of aryl methyl sites for hydroxylation is 1. The third kappa shape index (κ3) is 4.09. The van der Waals surface area contributed by atoms with Gasteiger partial charge in [-0.15, -0.1) is 0 Å². The molecule has 1 fully saturated rings. The Morgan fingerprint density at radius 3 is 2.53 bits per heavy atom. The van der Waals surface area contributed by atoms with Crippen molar-refractivity contribution < 1.29 is 22.7 Å². The lowest BCUT2D eigenvalue weighted by atomic mass is 9.87. The molecule has 170 valence electrons. The van der Waals surface area contributed by atoms with E-state index in [-0.39, 0.29) is 22.8 Å². The normalized spacial score (nSPS) is 21.6. The van der Waals surface area contributed by atoms with E-state index in [4.69, 9.17) is 9.47 Å². The molecule has 0 bridgehead atoms. The molecule has 2 aliphatic heterocycles. The quantitative estimate of drug-likeness (QED) is 0.764. The number of ether oxygens (including phenoxy) is 2. The van der Waals surface area contributed by atoms with Gasteiger partial charge in [-0.25, -0.2) is 8.42 Å². The molecule has 0 spiro atoms. The van der Waals surface area contributed by atoms with E-state index in [9.17, 15) is 13.2 Å². The van der Waals surface area contributed by atoms with Crippen molar-refractivity contribution in [1.29, 1.82) is 0 Å². The summed E-state index contributed by atoms with van der Waals surface area (Å²) in [6, 6.07) is 13.1. The minimum atomic E-state index is -3.65. The van der Waals surface area contributed by atoms with Gasteiger partial charge >= 0.3 is 0 Å². The highest BCUT2D eigenvalue weighted by atomic mass is 32.2. The van der Waals surface area contributed by atoms with Gasteiger partial charge in [0.05, 0.1) is 10.9 Å². The molecule has 1 aliphatic carbocycles. The van der Waals surface area contributed by atoms with E-state index in [1.807, 2.05) is 12.1 Å². The zero-order chi connectivity index (χ0) is 22.1. The summed E-state index contributed by atoms with van der Waals surface area (Å²) < 4.78 is 38.8. The van der Waals surface area contributed by atoms with Crippen LogP contribution in [0.25, 0.3) is 0 Å². The predicted molar refractivity (Wildman–Crippen MR) is 119 cm³/mol. The number of rotatable bonds is 4. The fourth-order valence-electron chi connectivity index (χ4n) is 4.88. The molecule has 1 amide bonds.